The Morgan fingerprint density at radius 3 is 2.68 bits per heavy atom. The number of pyridine rings is 1. The summed E-state index contributed by atoms with van der Waals surface area (Å²) in [6, 6.07) is 3.73. The van der Waals surface area contributed by atoms with E-state index in [-0.39, 0.29) is 18.1 Å². The molecule has 0 aliphatic rings. The van der Waals surface area contributed by atoms with Crippen LogP contribution in [0.15, 0.2) is 18.2 Å². The molecule has 19 heavy (non-hydrogen) atoms. The molecule has 0 saturated heterocycles. The zero-order valence-electron chi connectivity index (χ0n) is 9.78. The maximum absolute atomic E-state index is 11.5. The Hall–Kier alpha value is -2.36. The topological polar surface area (TPSA) is 135 Å². The van der Waals surface area contributed by atoms with Crippen molar-refractivity contribution in [3.8, 4) is 0 Å². The van der Waals surface area contributed by atoms with Gasteiger partial charge in [0.15, 0.2) is 5.69 Å². The average molecular weight is 289 g/mol. The SMILES string of the molecule is CCOC(=O)NS(=O)(=O)Nc1cccc(C(=O)O)n1. The average Bonchev–Trinajstić information content (AvgIpc) is 2.27. The predicted molar refractivity (Wildman–Crippen MR) is 63.9 cm³/mol. The van der Waals surface area contributed by atoms with Crippen molar-refractivity contribution < 1.29 is 27.9 Å². The third kappa shape index (κ3) is 4.79. The van der Waals surface area contributed by atoms with Crippen LogP contribution in [-0.4, -0.2) is 37.2 Å². The third-order valence-corrected chi connectivity index (χ3v) is 2.61. The molecule has 9 nitrogen and oxygen atoms in total. The Balaban J connectivity index is 2.81. The van der Waals surface area contributed by atoms with Crippen LogP contribution in [0.1, 0.15) is 17.4 Å². The van der Waals surface area contributed by atoms with E-state index in [9.17, 15) is 18.0 Å². The first kappa shape index (κ1) is 14.7. The fraction of sp³-hybridized carbons (Fsp3) is 0.222. The molecular formula is C9H11N3O6S. The fourth-order valence-electron chi connectivity index (χ4n) is 1.04. The highest BCUT2D eigenvalue weighted by atomic mass is 32.2. The van der Waals surface area contributed by atoms with Gasteiger partial charge in [0.1, 0.15) is 5.82 Å². The number of carboxylic acid groups (broad SMARTS) is 1. The van der Waals surface area contributed by atoms with E-state index < -0.39 is 22.3 Å². The Labute approximate surface area is 108 Å². The first-order valence-electron chi connectivity index (χ1n) is 5.01. The van der Waals surface area contributed by atoms with Crippen LogP contribution in [0, 0.1) is 0 Å². The lowest BCUT2D eigenvalue weighted by atomic mass is 10.3. The Morgan fingerprint density at radius 2 is 2.11 bits per heavy atom. The molecule has 1 heterocycles. The van der Waals surface area contributed by atoms with Gasteiger partial charge in [0.2, 0.25) is 0 Å². The second kappa shape index (κ2) is 6.00. The van der Waals surface area contributed by atoms with Crippen molar-refractivity contribution >= 4 is 28.1 Å². The molecule has 0 atom stereocenters. The first-order valence-corrected chi connectivity index (χ1v) is 6.50. The number of carbonyl (C=O) groups excluding carboxylic acids is 1. The van der Waals surface area contributed by atoms with Gasteiger partial charge >= 0.3 is 22.3 Å². The number of ether oxygens (including phenoxy) is 1. The molecule has 1 aromatic rings. The van der Waals surface area contributed by atoms with E-state index in [0.717, 1.165) is 0 Å². The minimum absolute atomic E-state index is 0.00804. The molecule has 0 aromatic carbocycles. The smallest absolute Gasteiger partial charge is 0.422 e. The Morgan fingerprint density at radius 1 is 1.42 bits per heavy atom. The molecule has 0 unspecified atom stereocenters. The largest absolute Gasteiger partial charge is 0.477 e. The minimum atomic E-state index is -4.23. The van der Waals surface area contributed by atoms with Gasteiger partial charge in [-0.25, -0.2) is 19.3 Å². The molecule has 0 radical (unpaired) electrons. The molecular weight excluding hydrogens is 278 g/mol. The van der Waals surface area contributed by atoms with Crippen molar-refractivity contribution in [2.75, 3.05) is 11.3 Å². The lowest BCUT2D eigenvalue weighted by molar-refractivity contribution is 0.0690. The lowest BCUT2D eigenvalue weighted by Crippen LogP contribution is -2.36. The summed E-state index contributed by atoms with van der Waals surface area (Å²) in [5, 5.41) is 8.69. The van der Waals surface area contributed by atoms with Crippen LogP contribution >= 0.6 is 0 Å². The highest BCUT2D eigenvalue weighted by molar-refractivity contribution is 7.91. The van der Waals surface area contributed by atoms with Crippen LogP contribution in [-0.2, 0) is 14.9 Å². The molecule has 0 aliphatic carbocycles. The Kier molecular flexibility index (Phi) is 4.64. The first-order chi connectivity index (χ1) is 8.84. The van der Waals surface area contributed by atoms with E-state index >= 15 is 0 Å². The van der Waals surface area contributed by atoms with Gasteiger partial charge in [-0.05, 0) is 19.1 Å². The van der Waals surface area contributed by atoms with Gasteiger partial charge in [-0.15, -0.1) is 0 Å². The van der Waals surface area contributed by atoms with Crippen LogP contribution < -0.4 is 9.44 Å². The highest BCUT2D eigenvalue weighted by Gasteiger charge is 2.16. The summed E-state index contributed by atoms with van der Waals surface area (Å²) in [5.41, 5.74) is -0.337. The number of anilines is 1. The second-order valence-electron chi connectivity index (χ2n) is 3.14. The van der Waals surface area contributed by atoms with Gasteiger partial charge in [0.05, 0.1) is 6.61 Å². The van der Waals surface area contributed by atoms with Crippen LogP contribution in [0.5, 0.6) is 0 Å². The standard InChI is InChI=1S/C9H11N3O6S/c1-2-18-9(15)12-19(16,17)11-7-5-3-4-6(10-7)8(13)14/h3-5H,2H2,1H3,(H,10,11)(H,12,15)(H,13,14). The second-order valence-corrected chi connectivity index (χ2v) is 4.56. The van der Waals surface area contributed by atoms with Gasteiger partial charge in [-0.3, -0.25) is 4.72 Å². The number of nitrogens with zero attached hydrogens (tertiary/aromatic N) is 1. The number of amides is 1. The van der Waals surface area contributed by atoms with E-state index in [1.165, 1.54) is 25.1 Å². The van der Waals surface area contributed by atoms with Gasteiger partial charge in [-0.1, -0.05) is 6.07 Å². The van der Waals surface area contributed by atoms with E-state index in [1.54, 1.807) is 4.72 Å². The van der Waals surface area contributed by atoms with Gasteiger partial charge in [0.25, 0.3) is 0 Å². The van der Waals surface area contributed by atoms with Crippen LogP contribution in [0.4, 0.5) is 10.6 Å². The summed E-state index contributed by atoms with van der Waals surface area (Å²) in [7, 11) is -4.23. The fourth-order valence-corrected chi connectivity index (χ4v) is 1.76. The molecule has 0 fully saturated rings. The molecule has 0 aliphatic heterocycles. The van der Waals surface area contributed by atoms with Crippen molar-refractivity contribution in [1.82, 2.24) is 9.71 Å². The van der Waals surface area contributed by atoms with E-state index in [4.69, 9.17) is 5.11 Å². The molecule has 1 aromatic heterocycles. The molecule has 3 N–H and O–H groups in total. The van der Waals surface area contributed by atoms with Crippen molar-refractivity contribution in [1.29, 1.82) is 0 Å². The van der Waals surface area contributed by atoms with Gasteiger partial charge in [0, 0.05) is 0 Å². The predicted octanol–water partition coefficient (Wildman–Crippen LogP) is 0.183. The quantitative estimate of drug-likeness (QED) is 0.703. The lowest BCUT2D eigenvalue weighted by Gasteiger charge is -2.08. The number of rotatable bonds is 5. The van der Waals surface area contributed by atoms with Crippen molar-refractivity contribution in [2.45, 2.75) is 6.92 Å². The summed E-state index contributed by atoms with van der Waals surface area (Å²) < 4.78 is 30.8. The number of aromatic nitrogens is 1. The Bertz CT molecular complexity index is 585. The number of hydrogen-bond acceptors (Lipinski definition) is 6. The summed E-state index contributed by atoms with van der Waals surface area (Å²) in [4.78, 5) is 25.1. The van der Waals surface area contributed by atoms with Crippen molar-refractivity contribution in [3.05, 3.63) is 23.9 Å². The van der Waals surface area contributed by atoms with E-state index in [2.05, 4.69) is 9.72 Å². The summed E-state index contributed by atoms with van der Waals surface area (Å²) in [5.74, 6) is -1.55. The van der Waals surface area contributed by atoms with Gasteiger partial charge in [-0.2, -0.15) is 8.42 Å². The van der Waals surface area contributed by atoms with Crippen molar-refractivity contribution in [3.63, 3.8) is 0 Å². The normalized spacial score (nSPS) is 10.6. The van der Waals surface area contributed by atoms with Crippen LogP contribution in [0.3, 0.4) is 0 Å². The number of carbonyl (C=O) groups is 2. The summed E-state index contributed by atoms with van der Waals surface area (Å²) in [6.07, 6.45) is -1.15. The monoisotopic (exact) mass is 289 g/mol. The van der Waals surface area contributed by atoms with Crippen LogP contribution in [0.2, 0.25) is 0 Å². The molecule has 10 heteroatoms. The zero-order valence-corrected chi connectivity index (χ0v) is 10.6. The highest BCUT2D eigenvalue weighted by Crippen LogP contribution is 2.06. The number of carboxylic acids is 1. The zero-order chi connectivity index (χ0) is 14.5. The van der Waals surface area contributed by atoms with Gasteiger partial charge < -0.3 is 9.84 Å². The molecule has 104 valence electrons. The maximum Gasteiger partial charge on any atom is 0.422 e. The third-order valence-electron chi connectivity index (χ3n) is 1.70. The minimum Gasteiger partial charge on any atom is -0.477 e. The molecule has 1 rings (SSSR count). The summed E-state index contributed by atoms with van der Waals surface area (Å²) >= 11 is 0. The maximum atomic E-state index is 11.5. The van der Waals surface area contributed by atoms with Crippen molar-refractivity contribution in [2.24, 2.45) is 0 Å². The molecule has 1 amide bonds. The molecule has 0 spiro atoms. The van der Waals surface area contributed by atoms with E-state index in [1.807, 2.05) is 4.72 Å². The van der Waals surface area contributed by atoms with Crippen LogP contribution in [0.25, 0.3) is 0 Å². The number of aromatic carboxylic acids is 1. The number of hydrogen-bond donors (Lipinski definition) is 3. The van der Waals surface area contributed by atoms with E-state index in [0.29, 0.717) is 0 Å². The molecule has 0 bridgehead atoms. The molecule has 0 saturated carbocycles. The summed E-state index contributed by atoms with van der Waals surface area (Å²) in [6.45, 7) is 1.52. The number of nitrogens with one attached hydrogen (secondary N) is 2.